The Labute approximate surface area is 127 Å². The van der Waals surface area contributed by atoms with Gasteiger partial charge >= 0.3 is 0 Å². The molecule has 104 valence electrons. The van der Waals surface area contributed by atoms with Crippen LogP contribution in [-0.4, -0.2) is 20.0 Å². The first kappa shape index (κ1) is 14.5. The zero-order valence-corrected chi connectivity index (χ0v) is 13.0. The maximum atomic E-state index is 4.45. The second-order valence-electron chi connectivity index (χ2n) is 4.66. The van der Waals surface area contributed by atoms with E-state index in [-0.39, 0.29) is 17.0 Å². The van der Waals surface area contributed by atoms with Crippen LogP contribution >= 0.6 is 0 Å². The molecule has 0 aliphatic carbocycles. The molecule has 0 bridgehead atoms. The van der Waals surface area contributed by atoms with Crippen molar-refractivity contribution in [3.05, 3.63) is 53.7 Å². The first-order valence-electron chi connectivity index (χ1n) is 6.24. The van der Waals surface area contributed by atoms with Gasteiger partial charge in [0.25, 0.3) is 0 Å². The molecule has 3 aromatic rings. The van der Waals surface area contributed by atoms with Gasteiger partial charge in [0.2, 0.25) is 0 Å². The Balaban J connectivity index is 0.00000147. The van der Waals surface area contributed by atoms with Gasteiger partial charge in [0.1, 0.15) is 0 Å². The zero-order chi connectivity index (χ0) is 13.2. The molecule has 2 N–H and O–H groups in total. The first-order valence-corrected chi connectivity index (χ1v) is 6.24. The third kappa shape index (κ3) is 2.96. The van der Waals surface area contributed by atoms with E-state index in [1.807, 2.05) is 36.1 Å². The summed E-state index contributed by atoms with van der Waals surface area (Å²) in [6, 6.07) is 8.12. The number of aromatic nitrogens is 5. The van der Waals surface area contributed by atoms with Crippen molar-refractivity contribution in [1.82, 2.24) is 20.0 Å². The second-order valence-corrected chi connectivity index (χ2v) is 4.66. The van der Waals surface area contributed by atoms with Gasteiger partial charge < -0.3 is 17.0 Å². The lowest BCUT2D eigenvalue weighted by Crippen LogP contribution is -3.00. The number of hydrogen-bond donors (Lipinski definition) is 1. The topological polar surface area (TPSA) is 60.6 Å². The summed E-state index contributed by atoms with van der Waals surface area (Å²) in [6.45, 7) is 4.77. The molecule has 0 fully saturated rings. The maximum absolute atomic E-state index is 4.45. The molecule has 3 heterocycles. The SMILES string of the molecule is Cc1cc(C)n(Cc2cc(-c3ccc[nH+]c3)n[nH]2)n1.[Br-]. The Bertz CT molecular complexity index is 687. The van der Waals surface area contributed by atoms with Crippen molar-refractivity contribution >= 4 is 0 Å². The van der Waals surface area contributed by atoms with Gasteiger partial charge in [0.05, 0.1) is 29.2 Å². The highest BCUT2D eigenvalue weighted by Gasteiger charge is 2.08. The van der Waals surface area contributed by atoms with Crippen molar-refractivity contribution in [2.45, 2.75) is 20.4 Å². The summed E-state index contributed by atoms with van der Waals surface area (Å²) in [5.41, 5.74) is 5.24. The van der Waals surface area contributed by atoms with Gasteiger partial charge in [-0.15, -0.1) is 0 Å². The molecule has 20 heavy (non-hydrogen) atoms. The Morgan fingerprint density at radius 1 is 1.30 bits per heavy atom. The lowest BCUT2D eigenvalue weighted by Gasteiger charge is -2.00. The highest BCUT2D eigenvalue weighted by molar-refractivity contribution is 5.56. The van der Waals surface area contributed by atoms with Crippen LogP contribution in [0.15, 0.2) is 36.7 Å². The Morgan fingerprint density at radius 2 is 2.15 bits per heavy atom. The average molecular weight is 334 g/mol. The quantitative estimate of drug-likeness (QED) is 0.651. The summed E-state index contributed by atoms with van der Waals surface area (Å²) in [6.07, 6.45) is 3.82. The number of H-pyrrole nitrogens is 2. The molecule has 0 aliphatic rings. The maximum Gasteiger partial charge on any atom is 0.176 e. The lowest BCUT2D eigenvalue weighted by molar-refractivity contribution is -0.377. The van der Waals surface area contributed by atoms with Gasteiger partial charge in [-0.05, 0) is 32.0 Å². The molecule has 0 aliphatic heterocycles. The molecular weight excluding hydrogens is 318 g/mol. The van der Waals surface area contributed by atoms with Crippen LogP contribution in [0.1, 0.15) is 17.1 Å². The second kappa shape index (κ2) is 6.00. The van der Waals surface area contributed by atoms with Crippen LogP contribution in [-0.2, 0) is 6.54 Å². The monoisotopic (exact) mass is 333 g/mol. The minimum absolute atomic E-state index is 0. The number of pyridine rings is 1. The summed E-state index contributed by atoms with van der Waals surface area (Å²) < 4.78 is 1.98. The van der Waals surface area contributed by atoms with E-state index in [0.717, 1.165) is 28.3 Å². The molecule has 0 saturated heterocycles. The van der Waals surface area contributed by atoms with Crippen molar-refractivity contribution in [2.75, 3.05) is 0 Å². The highest BCUT2D eigenvalue weighted by Crippen LogP contribution is 2.16. The average Bonchev–Trinajstić information content (AvgIpc) is 2.99. The smallest absolute Gasteiger partial charge is 0.176 e. The van der Waals surface area contributed by atoms with Gasteiger partial charge in [0, 0.05) is 11.8 Å². The van der Waals surface area contributed by atoms with Crippen molar-refractivity contribution in [3.63, 3.8) is 0 Å². The first-order chi connectivity index (χ1) is 9.22. The summed E-state index contributed by atoms with van der Waals surface area (Å²) in [4.78, 5) is 3.06. The third-order valence-corrected chi connectivity index (χ3v) is 3.06. The molecule has 0 radical (unpaired) electrons. The van der Waals surface area contributed by atoms with Crippen LogP contribution in [0.5, 0.6) is 0 Å². The van der Waals surface area contributed by atoms with Crippen LogP contribution in [0.3, 0.4) is 0 Å². The molecule has 0 aromatic carbocycles. The molecular formula is C14H16BrN5. The molecule has 3 rings (SSSR count). The van der Waals surface area contributed by atoms with Gasteiger partial charge in [-0.3, -0.25) is 9.78 Å². The van der Waals surface area contributed by atoms with Crippen LogP contribution in [0, 0.1) is 13.8 Å². The van der Waals surface area contributed by atoms with Crippen molar-refractivity contribution in [3.8, 4) is 11.3 Å². The number of nitrogens with one attached hydrogen (secondary N) is 2. The standard InChI is InChI=1S/C14H15N5.BrH/c1-10-6-11(2)19(18-10)9-13-7-14(17-16-13)12-4-3-5-15-8-12;/h3-8H,9H2,1-2H3,(H,16,17);1H. The molecule has 0 unspecified atom stereocenters. The lowest BCUT2D eigenvalue weighted by atomic mass is 10.2. The largest absolute Gasteiger partial charge is 1.00 e. The fraction of sp³-hybridized carbons (Fsp3) is 0.214. The fourth-order valence-corrected chi connectivity index (χ4v) is 2.14. The minimum atomic E-state index is 0. The van der Waals surface area contributed by atoms with E-state index in [2.05, 4.69) is 39.3 Å². The predicted octanol–water partition coefficient (Wildman–Crippen LogP) is -1.24. The fourth-order valence-electron chi connectivity index (χ4n) is 2.14. The number of aromatic amines is 2. The van der Waals surface area contributed by atoms with E-state index in [4.69, 9.17) is 0 Å². The van der Waals surface area contributed by atoms with Crippen LogP contribution < -0.4 is 22.0 Å². The predicted molar refractivity (Wildman–Crippen MR) is 71.4 cm³/mol. The summed E-state index contributed by atoms with van der Waals surface area (Å²) >= 11 is 0. The molecule has 0 amide bonds. The van der Waals surface area contributed by atoms with E-state index in [1.54, 1.807) is 0 Å². The van der Waals surface area contributed by atoms with E-state index in [9.17, 15) is 0 Å². The Morgan fingerprint density at radius 3 is 2.80 bits per heavy atom. The Kier molecular flexibility index (Phi) is 4.34. The molecule has 0 saturated carbocycles. The van der Waals surface area contributed by atoms with Gasteiger partial charge in [-0.2, -0.15) is 10.2 Å². The van der Waals surface area contributed by atoms with Crippen LogP contribution in [0.25, 0.3) is 11.3 Å². The molecule has 0 atom stereocenters. The van der Waals surface area contributed by atoms with E-state index >= 15 is 0 Å². The van der Waals surface area contributed by atoms with Gasteiger partial charge in [-0.25, -0.2) is 4.98 Å². The normalized spacial score (nSPS) is 10.3. The van der Waals surface area contributed by atoms with Crippen molar-refractivity contribution in [1.29, 1.82) is 0 Å². The van der Waals surface area contributed by atoms with E-state index in [1.165, 1.54) is 0 Å². The summed E-state index contributed by atoms with van der Waals surface area (Å²) in [5, 5.41) is 11.8. The van der Waals surface area contributed by atoms with Crippen LogP contribution in [0.2, 0.25) is 0 Å². The van der Waals surface area contributed by atoms with E-state index in [0.29, 0.717) is 6.54 Å². The molecule has 3 aromatic heterocycles. The number of rotatable bonds is 3. The number of nitrogens with zero attached hydrogens (tertiary/aromatic N) is 3. The number of aryl methyl sites for hydroxylation is 2. The molecule has 5 nitrogen and oxygen atoms in total. The van der Waals surface area contributed by atoms with Crippen molar-refractivity contribution in [2.24, 2.45) is 0 Å². The summed E-state index contributed by atoms with van der Waals surface area (Å²) in [7, 11) is 0. The van der Waals surface area contributed by atoms with E-state index < -0.39 is 0 Å². The Hall–Kier alpha value is -1.95. The third-order valence-electron chi connectivity index (χ3n) is 3.06. The molecule has 6 heteroatoms. The minimum Gasteiger partial charge on any atom is -1.00 e. The van der Waals surface area contributed by atoms with Gasteiger partial charge in [0.15, 0.2) is 12.4 Å². The van der Waals surface area contributed by atoms with Gasteiger partial charge in [-0.1, -0.05) is 0 Å². The van der Waals surface area contributed by atoms with Crippen LogP contribution in [0.4, 0.5) is 0 Å². The summed E-state index contributed by atoms with van der Waals surface area (Å²) in [5.74, 6) is 0. The number of hydrogen-bond acceptors (Lipinski definition) is 2. The van der Waals surface area contributed by atoms with Crippen molar-refractivity contribution < 1.29 is 22.0 Å². The zero-order valence-electron chi connectivity index (χ0n) is 11.4. The highest BCUT2D eigenvalue weighted by atomic mass is 79.9. The molecule has 0 spiro atoms. The number of halogens is 1.